The molecule has 1 heterocycles. The third-order valence-electron chi connectivity index (χ3n) is 4.71. The molecule has 0 spiro atoms. The predicted octanol–water partition coefficient (Wildman–Crippen LogP) is 1.75. The van der Waals surface area contributed by atoms with Gasteiger partial charge in [0.15, 0.2) is 6.10 Å². The highest BCUT2D eigenvalue weighted by Crippen LogP contribution is 2.15. The van der Waals surface area contributed by atoms with Crippen LogP contribution >= 0.6 is 0 Å². The van der Waals surface area contributed by atoms with Crippen molar-refractivity contribution < 1.29 is 19.1 Å². The molecule has 3 N–H and O–H groups in total. The summed E-state index contributed by atoms with van der Waals surface area (Å²) in [5.74, 6) is -1.39. The van der Waals surface area contributed by atoms with Crippen molar-refractivity contribution in [1.29, 1.82) is 5.26 Å². The fourth-order valence-corrected chi connectivity index (χ4v) is 2.99. The Hall–Kier alpha value is -3.93. The van der Waals surface area contributed by atoms with Gasteiger partial charge in [0, 0.05) is 18.7 Å². The van der Waals surface area contributed by atoms with Gasteiger partial charge in [-0.25, -0.2) is 4.79 Å². The summed E-state index contributed by atoms with van der Waals surface area (Å²) >= 11 is 0. The molecular weight excluding hydrogens is 400 g/mol. The maximum Gasteiger partial charge on any atom is 0.321 e. The number of hydrogen-bond acceptors (Lipinski definition) is 6. The molecular formula is C22H24N4O5. The summed E-state index contributed by atoms with van der Waals surface area (Å²) in [4.78, 5) is 50.4. The van der Waals surface area contributed by atoms with Gasteiger partial charge in [-0.15, -0.1) is 0 Å². The number of aromatic nitrogens is 1. The van der Waals surface area contributed by atoms with Crippen LogP contribution in [-0.4, -0.2) is 29.0 Å². The summed E-state index contributed by atoms with van der Waals surface area (Å²) in [6.45, 7) is 4.94. The number of H-pyrrole nitrogens is 1. The summed E-state index contributed by atoms with van der Waals surface area (Å²) in [6, 6.07) is 10.3. The number of aryl methyl sites for hydroxylation is 1. The van der Waals surface area contributed by atoms with Gasteiger partial charge in [0.25, 0.3) is 11.5 Å². The highest BCUT2D eigenvalue weighted by atomic mass is 16.5. The van der Waals surface area contributed by atoms with Crippen LogP contribution < -0.4 is 16.2 Å². The number of aromatic amines is 1. The maximum atomic E-state index is 12.1. The number of nitriles is 1. The van der Waals surface area contributed by atoms with Gasteiger partial charge in [0.1, 0.15) is 11.6 Å². The fourth-order valence-electron chi connectivity index (χ4n) is 2.99. The lowest BCUT2D eigenvalue weighted by Crippen LogP contribution is -2.44. The van der Waals surface area contributed by atoms with E-state index in [2.05, 4.69) is 15.6 Å². The van der Waals surface area contributed by atoms with E-state index in [9.17, 15) is 19.2 Å². The molecule has 2 rings (SSSR count). The van der Waals surface area contributed by atoms with Gasteiger partial charge in [-0.05, 0) is 43.9 Å². The summed E-state index contributed by atoms with van der Waals surface area (Å²) in [5.41, 5.74) is 2.15. The SMILES string of the molecule is Cc1[nH]c(=O)c(C#N)c(C)c1CCC(=O)OC(C)C(=O)NC(=O)NCc1ccccc1. The average molecular weight is 424 g/mol. The van der Waals surface area contributed by atoms with Crippen molar-refractivity contribution in [2.45, 2.75) is 46.3 Å². The minimum atomic E-state index is -1.16. The van der Waals surface area contributed by atoms with E-state index in [1.165, 1.54) is 6.92 Å². The zero-order valence-electron chi connectivity index (χ0n) is 17.6. The van der Waals surface area contributed by atoms with Crippen molar-refractivity contribution in [2.24, 2.45) is 0 Å². The van der Waals surface area contributed by atoms with Gasteiger partial charge in [0.2, 0.25) is 0 Å². The van der Waals surface area contributed by atoms with E-state index in [-0.39, 0.29) is 24.9 Å². The molecule has 0 fully saturated rings. The monoisotopic (exact) mass is 424 g/mol. The molecule has 1 aromatic carbocycles. The molecule has 0 radical (unpaired) electrons. The topological polar surface area (TPSA) is 141 Å². The number of nitrogens with zero attached hydrogens (tertiary/aromatic N) is 1. The van der Waals surface area contributed by atoms with Crippen LogP contribution in [0.5, 0.6) is 0 Å². The molecule has 1 aromatic heterocycles. The van der Waals surface area contributed by atoms with E-state index in [1.54, 1.807) is 13.8 Å². The number of rotatable bonds is 7. The first-order chi connectivity index (χ1) is 14.7. The predicted molar refractivity (Wildman–Crippen MR) is 112 cm³/mol. The van der Waals surface area contributed by atoms with Crippen molar-refractivity contribution in [1.82, 2.24) is 15.6 Å². The number of carbonyl (C=O) groups is 3. The molecule has 31 heavy (non-hydrogen) atoms. The Morgan fingerprint density at radius 2 is 1.87 bits per heavy atom. The van der Waals surface area contributed by atoms with Crippen molar-refractivity contribution in [3.8, 4) is 6.07 Å². The highest BCUT2D eigenvalue weighted by Gasteiger charge is 2.20. The number of urea groups is 1. The van der Waals surface area contributed by atoms with Gasteiger partial charge in [-0.1, -0.05) is 30.3 Å². The van der Waals surface area contributed by atoms with Crippen LogP contribution in [0.2, 0.25) is 0 Å². The Morgan fingerprint density at radius 3 is 2.52 bits per heavy atom. The van der Waals surface area contributed by atoms with E-state index in [0.29, 0.717) is 16.8 Å². The minimum absolute atomic E-state index is 0.00299. The van der Waals surface area contributed by atoms with Crippen molar-refractivity contribution in [2.75, 3.05) is 0 Å². The molecule has 0 saturated heterocycles. The number of amides is 3. The van der Waals surface area contributed by atoms with Crippen LogP contribution in [0.15, 0.2) is 35.1 Å². The summed E-state index contributed by atoms with van der Waals surface area (Å²) in [6.07, 6.45) is -0.994. The molecule has 162 valence electrons. The van der Waals surface area contributed by atoms with Crippen LogP contribution in [0.1, 0.15) is 41.3 Å². The number of pyridine rings is 1. The molecule has 1 unspecified atom stereocenters. The molecule has 2 aromatic rings. The second-order valence-corrected chi connectivity index (χ2v) is 6.96. The second-order valence-electron chi connectivity index (χ2n) is 6.96. The zero-order chi connectivity index (χ0) is 23.0. The first kappa shape index (κ1) is 23.3. The van der Waals surface area contributed by atoms with Crippen LogP contribution in [-0.2, 0) is 27.3 Å². The fraction of sp³-hybridized carbons (Fsp3) is 0.318. The molecule has 9 heteroatoms. The molecule has 0 aliphatic carbocycles. The van der Waals surface area contributed by atoms with Crippen molar-refractivity contribution >= 4 is 17.9 Å². The van der Waals surface area contributed by atoms with Gasteiger partial charge < -0.3 is 15.0 Å². The van der Waals surface area contributed by atoms with E-state index < -0.39 is 29.6 Å². The molecule has 3 amide bonds. The number of benzene rings is 1. The lowest BCUT2D eigenvalue weighted by atomic mass is 9.99. The minimum Gasteiger partial charge on any atom is -0.453 e. The lowest BCUT2D eigenvalue weighted by Gasteiger charge is -2.14. The number of imide groups is 1. The highest BCUT2D eigenvalue weighted by molar-refractivity contribution is 5.97. The molecule has 0 aliphatic heterocycles. The Balaban J connectivity index is 1.84. The smallest absolute Gasteiger partial charge is 0.321 e. The Kier molecular flexibility index (Phi) is 8.09. The Morgan fingerprint density at radius 1 is 1.19 bits per heavy atom. The third kappa shape index (κ3) is 6.54. The van der Waals surface area contributed by atoms with Crippen LogP contribution in [0, 0.1) is 25.2 Å². The molecule has 0 saturated carbocycles. The zero-order valence-corrected chi connectivity index (χ0v) is 17.6. The lowest BCUT2D eigenvalue weighted by molar-refractivity contribution is -0.154. The molecule has 0 aliphatic rings. The number of esters is 1. The average Bonchev–Trinajstić information content (AvgIpc) is 2.72. The third-order valence-corrected chi connectivity index (χ3v) is 4.71. The number of hydrogen-bond donors (Lipinski definition) is 3. The summed E-state index contributed by atoms with van der Waals surface area (Å²) in [7, 11) is 0. The second kappa shape index (κ2) is 10.7. The largest absolute Gasteiger partial charge is 0.453 e. The number of carbonyl (C=O) groups excluding carboxylic acids is 3. The quantitative estimate of drug-likeness (QED) is 0.578. The van der Waals surface area contributed by atoms with Gasteiger partial charge in [0.05, 0.1) is 0 Å². The van der Waals surface area contributed by atoms with Crippen LogP contribution in [0.25, 0.3) is 0 Å². The van der Waals surface area contributed by atoms with Crippen molar-refractivity contribution in [3.05, 3.63) is 68.6 Å². The van der Waals surface area contributed by atoms with Crippen LogP contribution in [0.3, 0.4) is 0 Å². The molecule has 9 nitrogen and oxygen atoms in total. The van der Waals surface area contributed by atoms with Crippen LogP contribution in [0.4, 0.5) is 4.79 Å². The number of ether oxygens (including phenoxy) is 1. The van der Waals surface area contributed by atoms with Gasteiger partial charge >= 0.3 is 12.0 Å². The maximum absolute atomic E-state index is 12.1. The van der Waals surface area contributed by atoms with Gasteiger partial charge in [-0.2, -0.15) is 5.26 Å². The van der Waals surface area contributed by atoms with Gasteiger partial charge in [-0.3, -0.25) is 19.7 Å². The summed E-state index contributed by atoms with van der Waals surface area (Å²) in [5, 5.41) is 13.8. The van der Waals surface area contributed by atoms with E-state index in [4.69, 9.17) is 10.00 Å². The first-order valence-electron chi connectivity index (χ1n) is 9.67. The Bertz CT molecular complexity index is 1070. The molecule has 0 bridgehead atoms. The van der Waals surface area contributed by atoms with Crippen molar-refractivity contribution in [3.63, 3.8) is 0 Å². The van der Waals surface area contributed by atoms with E-state index in [0.717, 1.165) is 5.56 Å². The Labute approximate surface area is 179 Å². The van der Waals surface area contributed by atoms with E-state index in [1.807, 2.05) is 36.4 Å². The summed E-state index contributed by atoms with van der Waals surface area (Å²) < 4.78 is 5.09. The first-order valence-corrected chi connectivity index (χ1v) is 9.67. The standard InChI is InChI=1S/C22H24N4O5/c1-13-17(14(2)25-21(29)18(13)11-23)9-10-19(27)31-15(3)20(28)26-22(30)24-12-16-7-5-4-6-8-16/h4-8,15H,9-10,12H2,1-3H3,(H,25,29)(H2,24,26,28,30). The number of nitrogens with one attached hydrogen (secondary N) is 3. The van der Waals surface area contributed by atoms with E-state index >= 15 is 0 Å². The normalized spacial score (nSPS) is 11.2. The molecule has 1 atom stereocenters.